The van der Waals surface area contributed by atoms with Gasteiger partial charge in [-0.15, -0.1) is 0 Å². The average Bonchev–Trinajstić information content (AvgIpc) is 3.16. The van der Waals surface area contributed by atoms with E-state index >= 15 is 0 Å². The number of hydrogen-bond donors (Lipinski definition) is 1. The minimum Gasteiger partial charge on any atom is -0.493 e. The molecule has 0 atom stereocenters. The minimum absolute atomic E-state index is 0.205. The third-order valence-corrected chi connectivity index (χ3v) is 4.65. The molecule has 0 radical (unpaired) electrons. The first kappa shape index (κ1) is 20.0. The molecule has 3 aromatic carbocycles. The van der Waals surface area contributed by atoms with Crippen LogP contribution in [0.15, 0.2) is 71.1 Å². The zero-order valence-electron chi connectivity index (χ0n) is 16.7. The molecule has 0 aliphatic heterocycles. The summed E-state index contributed by atoms with van der Waals surface area (Å²) in [7, 11) is 0. The molecule has 0 saturated heterocycles. The normalized spacial score (nSPS) is 11.1. The Hall–Kier alpha value is -3.31. The van der Waals surface area contributed by atoms with Crippen molar-refractivity contribution in [3.63, 3.8) is 0 Å². The highest BCUT2D eigenvalue weighted by molar-refractivity contribution is 6.30. The Bertz CT molecular complexity index is 1180. The topological polar surface area (TPSA) is 64.4 Å². The summed E-state index contributed by atoms with van der Waals surface area (Å²) in [6.45, 7) is 4.82. The fourth-order valence-corrected chi connectivity index (χ4v) is 3.11. The van der Waals surface area contributed by atoms with Gasteiger partial charge in [-0.25, -0.2) is 4.98 Å². The van der Waals surface area contributed by atoms with Gasteiger partial charge in [0.15, 0.2) is 5.58 Å². The molecule has 4 rings (SSSR count). The molecule has 6 heteroatoms. The molecular formula is C24H21ClN2O3. The summed E-state index contributed by atoms with van der Waals surface area (Å²) in [6, 6.07) is 19.8. The summed E-state index contributed by atoms with van der Waals surface area (Å²) < 4.78 is 11.5. The fraction of sp³-hybridized carbons (Fsp3) is 0.167. The molecule has 0 bridgehead atoms. The van der Waals surface area contributed by atoms with Gasteiger partial charge in [0.2, 0.25) is 5.89 Å². The lowest BCUT2D eigenvalue weighted by molar-refractivity contribution is 0.102. The van der Waals surface area contributed by atoms with Crippen molar-refractivity contribution < 1.29 is 13.9 Å². The first-order valence-corrected chi connectivity index (χ1v) is 10.1. The Morgan fingerprint density at radius 1 is 1.10 bits per heavy atom. The molecule has 0 unspecified atom stereocenters. The molecule has 30 heavy (non-hydrogen) atoms. The molecular weight excluding hydrogens is 400 g/mol. The first-order chi connectivity index (χ1) is 14.5. The number of nitrogens with one attached hydrogen (secondary N) is 1. The van der Waals surface area contributed by atoms with E-state index in [-0.39, 0.29) is 5.91 Å². The molecule has 0 saturated carbocycles. The molecule has 152 valence electrons. The summed E-state index contributed by atoms with van der Waals surface area (Å²) in [6.07, 6.45) is 0. The number of rotatable bonds is 6. The van der Waals surface area contributed by atoms with Crippen molar-refractivity contribution >= 4 is 34.3 Å². The number of fused-ring (bicyclic) bond motifs is 1. The molecule has 1 amide bonds. The van der Waals surface area contributed by atoms with Crippen molar-refractivity contribution in [1.82, 2.24) is 4.98 Å². The monoisotopic (exact) mass is 420 g/mol. The number of anilines is 1. The van der Waals surface area contributed by atoms with Crippen molar-refractivity contribution in [2.45, 2.75) is 13.8 Å². The number of carbonyl (C=O) groups excluding carboxylic acids is 1. The van der Waals surface area contributed by atoms with Crippen LogP contribution >= 0.6 is 11.6 Å². The summed E-state index contributed by atoms with van der Waals surface area (Å²) >= 11 is 6.05. The number of carbonyl (C=O) groups is 1. The minimum atomic E-state index is -0.205. The number of halogens is 1. The maximum atomic E-state index is 12.6. The third-order valence-electron chi connectivity index (χ3n) is 4.42. The fourth-order valence-electron chi connectivity index (χ4n) is 2.92. The number of ether oxygens (including phenoxy) is 1. The lowest BCUT2D eigenvalue weighted by Gasteiger charge is -2.09. The molecule has 5 nitrogen and oxygen atoms in total. The maximum absolute atomic E-state index is 12.6. The van der Waals surface area contributed by atoms with Crippen LogP contribution in [0.3, 0.4) is 0 Å². The molecule has 0 spiro atoms. The largest absolute Gasteiger partial charge is 0.493 e. The molecule has 1 N–H and O–H groups in total. The Kier molecular flexibility index (Phi) is 5.72. The number of nitrogens with zero attached hydrogens (tertiary/aromatic N) is 1. The van der Waals surface area contributed by atoms with E-state index in [0.717, 1.165) is 11.3 Å². The van der Waals surface area contributed by atoms with Gasteiger partial charge in [0.1, 0.15) is 11.3 Å². The number of benzene rings is 3. The standard InChI is InChI=1S/C24H21ClN2O3/c1-15(2)14-29-20-9-6-16(7-10-20)23(28)26-19-8-11-22-21(13-19)27-24(30-22)17-4-3-5-18(25)12-17/h3-13,15H,14H2,1-2H3,(H,26,28). The van der Waals surface area contributed by atoms with Gasteiger partial charge >= 0.3 is 0 Å². The quantitative estimate of drug-likeness (QED) is 0.390. The van der Waals surface area contributed by atoms with E-state index < -0.39 is 0 Å². The van der Waals surface area contributed by atoms with Crippen LogP contribution in [-0.2, 0) is 0 Å². The van der Waals surface area contributed by atoms with Crippen LogP contribution in [0.25, 0.3) is 22.6 Å². The summed E-state index contributed by atoms with van der Waals surface area (Å²) in [5.41, 5.74) is 3.27. The van der Waals surface area contributed by atoms with Crippen LogP contribution in [0.5, 0.6) is 5.75 Å². The second-order valence-corrected chi connectivity index (χ2v) is 7.83. The molecule has 1 aromatic heterocycles. The number of oxazole rings is 1. The van der Waals surface area contributed by atoms with Gasteiger partial charge in [0.05, 0.1) is 6.61 Å². The lowest BCUT2D eigenvalue weighted by Crippen LogP contribution is -2.12. The maximum Gasteiger partial charge on any atom is 0.255 e. The summed E-state index contributed by atoms with van der Waals surface area (Å²) in [5.74, 6) is 1.47. The van der Waals surface area contributed by atoms with Gasteiger partial charge in [-0.3, -0.25) is 4.79 Å². The third kappa shape index (κ3) is 4.63. The van der Waals surface area contributed by atoms with Gasteiger partial charge in [0.25, 0.3) is 5.91 Å². The van der Waals surface area contributed by atoms with E-state index in [9.17, 15) is 4.79 Å². The van der Waals surface area contributed by atoms with E-state index in [0.29, 0.717) is 45.8 Å². The second-order valence-electron chi connectivity index (χ2n) is 7.40. The van der Waals surface area contributed by atoms with Crippen LogP contribution < -0.4 is 10.1 Å². The van der Waals surface area contributed by atoms with Crippen molar-refractivity contribution in [1.29, 1.82) is 0 Å². The zero-order valence-corrected chi connectivity index (χ0v) is 17.4. The predicted molar refractivity (Wildman–Crippen MR) is 119 cm³/mol. The van der Waals surface area contributed by atoms with Crippen molar-refractivity contribution in [3.8, 4) is 17.2 Å². The first-order valence-electron chi connectivity index (χ1n) is 9.69. The van der Waals surface area contributed by atoms with Crippen LogP contribution in [0.1, 0.15) is 24.2 Å². The van der Waals surface area contributed by atoms with Crippen molar-refractivity contribution in [2.75, 3.05) is 11.9 Å². The van der Waals surface area contributed by atoms with Gasteiger partial charge in [-0.05, 0) is 66.6 Å². The predicted octanol–water partition coefficient (Wildman–Crippen LogP) is 6.44. The second kappa shape index (κ2) is 8.59. The number of hydrogen-bond acceptors (Lipinski definition) is 4. The van der Waals surface area contributed by atoms with E-state index in [4.69, 9.17) is 20.8 Å². The zero-order chi connectivity index (χ0) is 21.1. The molecule has 0 aliphatic rings. The van der Waals surface area contributed by atoms with Crippen molar-refractivity contribution in [2.24, 2.45) is 5.92 Å². The van der Waals surface area contributed by atoms with Gasteiger partial charge in [0, 0.05) is 21.8 Å². The number of aromatic nitrogens is 1. The lowest BCUT2D eigenvalue weighted by atomic mass is 10.2. The Labute approximate surface area is 179 Å². The molecule has 1 heterocycles. The van der Waals surface area contributed by atoms with E-state index in [1.807, 2.05) is 12.1 Å². The Morgan fingerprint density at radius 3 is 2.63 bits per heavy atom. The van der Waals surface area contributed by atoms with E-state index in [1.54, 1.807) is 54.6 Å². The molecule has 4 aromatic rings. The summed E-state index contributed by atoms with van der Waals surface area (Å²) in [5, 5.41) is 3.51. The number of amides is 1. The van der Waals surface area contributed by atoms with Gasteiger partial charge in [-0.2, -0.15) is 0 Å². The highest BCUT2D eigenvalue weighted by Crippen LogP contribution is 2.28. The Morgan fingerprint density at radius 2 is 1.90 bits per heavy atom. The van der Waals surface area contributed by atoms with E-state index in [1.165, 1.54) is 0 Å². The molecule has 0 aliphatic carbocycles. The van der Waals surface area contributed by atoms with Crippen LogP contribution in [0, 0.1) is 5.92 Å². The molecule has 0 fully saturated rings. The smallest absolute Gasteiger partial charge is 0.255 e. The Balaban J connectivity index is 1.49. The SMILES string of the molecule is CC(C)COc1ccc(C(=O)Nc2ccc3oc(-c4cccc(Cl)c4)nc3c2)cc1. The average molecular weight is 421 g/mol. The van der Waals surface area contributed by atoms with Crippen molar-refractivity contribution in [3.05, 3.63) is 77.3 Å². The van der Waals surface area contributed by atoms with Crippen LogP contribution in [-0.4, -0.2) is 17.5 Å². The van der Waals surface area contributed by atoms with Gasteiger partial charge in [-0.1, -0.05) is 31.5 Å². The highest BCUT2D eigenvalue weighted by atomic mass is 35.5. The van der Waals surface area contributed by atoms with Crippen LogP contribution in [0.2, 0.25) is 5.02 Å². The highest BCUT2D eigenvalue weighted by Gasteiger charge is 2.11. The van der Waals surface area contributed by atoms with Gasteiger partial charge < -0.3 is 14.5 Å². The van der Waals surface area contributed by atoms with E-state index in [2.05, 4.69) is 24.1 Å². The summed E-state index contributed by atoms with van der Waals surface area (Å²) in [4.78, 5) is 17.1. The van der Waals surface area contributed by atoms with Crippen LogP contribution in [0.4, 0.5) is 5.69 Å².